The van der Waals surface area contributed by atoms with E-state index >= 15 is 0 Å². The van der Waals surface area contributed by atoms with E-state index in [-0.39, 0.29) is 29.3 Å². The van der Waals surface area contributed by atoms with Crippen LogP contribution in [0.1, 0.15) is 28.9 Å². The summed E-state index contributed by atoms with van der Waals surface area (Å²) in [6.45, 7) is 4.19. The number of fused-ring (bicyclic) bond motifs is 1. The van der Waals surface area contributed by atoms with E-state index in [0.717, 1.165) is 37.4 Å². The van der Waals surface area contributed by atoms with Gasteiger partial charge in [-0.05, 0) is 56.2 Å². The summed E-state index contributed by atoms with van der Waals surface area (Å²) in [5.74, 6) is 1.02. The largest absolute Gasteiger partial charge is 0.369 e. The standard InChI is InChI=1S/C21H23FN4O2/c1-13-2-7-19(25-24-13)26-11-17-16(18-8-9-21(17,12-26)28-18)10-23-20(27)14-3-5-15(22)6-4-14/h2-7,16-18H,8-12H2,1H3,(H,23,27)/t16-,17+,18+,21+/m0/s1. The third-order valence-corrected chi connectivity index (χ3v) is 6.50. The smallest absolute Gasteiger partial charge is 0.251 e. The van der Waals surface area contributed by atoms with Crippen LogP contribution in [-0.4, -0.2) is 47.4 Å². The fourth-order valence-corrected chi connectivity index (χ4v) is 5.11. The first-order chi connectivity index (χ1) is 13.5. The number of benzene rings is 1. The van der Waals surface area contributed by atoms with Gasteiger partial charge in [0.15, 0.2) is 5.82 Å². The van der Waals surface area contributed by atoms with Crippen LogP contribution in [0.5, 0.6) is 0 Å². The number of halogens is 1. The van der Waals surface area contributed by atoms with E-state index in [1.807, 2.05) is 19.1 Å². The molecule has 146 valence electrons. The molecule has 1 aromatic heterocycles. The van der Waals surface area contributed by atoms with Crippen molar-refractivity contribution in [1.82, 2.24) is 15.5 Å². The molecule has 0 aliphatic carbocycles. The second-order valence-electron chi connectivity index (χ2n) is 8.16. The molecule has 1 spiro atoms. The topological polar surface area (TPSA) is 67.4 Å². The summed E-state index contributed by atoms with van der Waals surface area (Å²) in [6.07, 6.45) is 2.28. The first kappa shape index (κ1) is 17.6. The zero-order chi connectivity index (χ0) is 19.3. The third-order valence-electron chi connectivity index (χ3n) is 6.50. The lowest BCUT2D eigenvalue weighted by Crippen LogP contribution is -2.41. The highest BCUT2D eigenvalue weighted by atomic mass is 19.1. The molecule has 3 aliphatic rings. The molecular weight excluding hydrogens is 359 g/mol. The van der Waals surface area contributed by atoms with Gasteiger partial charge in [-0.1, -0.05) is 0 Å². The molecule has 0 saturated carbocycles. The zero-order valence-electron chi connectivity index (χ0n) is 15.8. The van der Waals surface area contributed by atoms with Crippen molar-refractivity contribution in [3.05, 3.63) is 53.5 Å². The van der Waals surface area contributed by atoms with Crippen LogP contribution >= 0.6 is 0 Å². The van der Waals surface area contributed by atoms with Crippen LogP contribution < -0.4 is 10.2 Å². The molecule has 4 heterocycles. The highest BCUT2D eigenvalue weighted by molar-refractivity contribution is 5.94. The number of aryl methyl sites for hydroxylation is 1. The van der Waals surface area contributed by atoms with Crippen LogP contribution in [0.3, 0.4) is 0 Å². The Labute approximate surface area is 163 Å². The van der Waals surface area contributed by atoms with Gasteiger partial charge in [-0.3, -0.25) is 4.79 Å². The van der Waals surface area contributed by atoms with Crippen molar-refractivity contribution in [1.29, 1.82) is 0 Å². The molecule has 3 aliphatic heterocycles. The Morgan fingerprint density at radius 2 is 2.11 bits per heavy atom. The minimum atomic E-state index is -0.342. The summed E-state index contributed by atoms with van der Waals surface area (Å²) >= 11 is 0. The summed E-state index contributed by atoms with van der Waals surface area (Å²) in [7, 11) is 0. The van der Waals surface area contributed by atoms with Gasteiger partial charge >= 0.3 is 0 Å². The van der Waals surface area contributed by atoms with Crippen LogP contribution in [-0.2, 0) is 4.74 Å². The Hall–Kier alpha value is -2.54. The van der Waals surface area contributed by atoms with Gasteiger partial charge in [0.1, 0.15) is 5.82 Å². The average Bonchev–Trinajstić information content (AvgIpc) is 3.36. The number of carbonyl (C=O) groups is 1. The van der Waals surface area contributed by atoms with Gasteiger partial charge in [0, 0.05) is 37.0 Å². The molecule has 0 radical (unpaired) electrons. The Kier molecular flexibility index (Phi) is 4.08. The van der Waals surface area contributed by atoms with Crippen molar-refractivity contribution in [2.45, 2.75) is 31.5 Å². The minimum Gasteiger partial charge on any atom is -0.369 e. The predicted octanol–water partition coefficient (Wildman–Crippen LogP) is 2.34. The lowest BCUT2D eigenvalue weighted by molar-refractivity contribution is 0.0141. The molecule has 2 aromatic rings. The molecule has 2 bridgehead atoms. The molecule has 1 amide bonds. The van der Waals surface area contributed by atoms with E-state index in [1.165, 1.54) is 24.3 Å². The minimum absolute atomic E-state index is 0.136. The quantitative estimate of drug-likeness (QED) is 0.879. The molecule has 3 fully saturated rings. The van der Waals surface area contributed by atoms with Crippen LogP contribution in [0.25, 0.3) is 0 Å². The van der Waals surface area contributed by atoms with Crippen molar-refractivity contribution < 1.29 is 13.9 Å². The van der Waals surface area contributed by atoms with Gasteiger partial charge in [0.25, 0.3) is 5.91 Å². The first-order valence-corrected chi connectivity index (χ1v) is 9.81. The van der Waals surface area contributed by atoms with Gasteiger partial charge in [0.2, 0.25) is 0 Å². The third kappa shape index (κ3) is 2.85. The second-order valence-corrected chi connectivity index (χ2v) is 8.16. The molecule has 1 N–H and O–H groups in total. The molecule has 4 atom stereocenters. The van der Waals surface area contributed by atoms with Gasteiger partial charge in [-0.2, -0.15) is 5.10 Å². The fourth-order valence-electron chi connectivity index (χ4n) is 5.11. The monoisotopic (exact) mass is 382 g/mol. The van der Waals surface area contributed by atoms with Crippen molar-refractivity contribution in [2.75, 3.05) is 24.5 Å². The summed E-state index contributed by atoms with van der Waals surface area (Å²) in [6, 6.07) is 9.63. The van der Waals surface area contributed by atoms with E-state index in [0.29, 0.717) is 18.0 Å². The maximum absolute atomic E-state index is 13.1. The molecule has 28 heavy (non-hydrogen) atoms. The predicted molar refractivity (Wildman–Crippen MR) is 102 cm³/mol. The molecular formula is C21H23FN4O2. The second kappa shape index (κ2) is 6.51. The number of nitrogens with zero attached hydrogens (tertiary/aromatic N) is 3. The van der Waals surface area contributed by atoms with Crippen LogP contribution in [0, 0.1) is 24.6 Å². The maximum atomic E-state index is 13.1. The number of carbonyl (C=O) groups excluding carboxylic acids is 1. The number of nitrogens with one attached hydrogen (secondary N) is 1. The number of aromatic nitrogens is 2. The van der Waals surface area contributed by atoms with E-state index in [1.54, 1.807) is 0 Å². The molecule has 3 saturated heterocycles. The number of hydrogen-bond acceptors (Lipinski definition) is 5. The molecule has 1 aromatic carbocycles. The average molecular weight is 382 g/mol. The van der Waals surface area contributed by atoms with Gasteiger partial charge in [0.05, 0.1) is 17.4 Å². The highest BCUT2D eigenvalue weighted by Gasteiger charge is 2.63. The Balaban J connectivity index is 1.28. The van der Waals surface area contributed by atoms with Crippen LogP contribution in [0.4, 0.5) is 10.2 Å². The van der Waals surface area contributed by atoms with Crippen molar-refractivity contribution >= 4 is 11.7 Å². The Morgan fingerprint density at radius 3 is 2.86 bits per heavy atom. The molecule has 6 nitrogen and oxygen atoms in total. The summed E-state index contributed by atoms with van der Waals surface area (Å²) in [5.41, 5.74) is 1.24. The van der Waals surface area contributed by atoms with E-state index in [2.05, 4.69) is 20.4 Å². The maximum Gasteiger partial charge on any atom is 0.251 e. The van der Waals surface area contributed by atoms with E-state index in [4.69, 9.17) is 4.74 Å². The number of hydrogen-bond donors (Lipinski definition) is 1. The summed E-state index contributed by atoms with van der Waals surface area (Å²) < 4.78 is 19.5. The van der Waals surface area contributed by atoms with Crippen LogP contribution in [0.2, 0.25) is 0 Å². The van der Waals surface area contributed by atoms with Gasteiger partial charge < -0.3 is 15.0 Å². The Morgan fingerprint density at radius 1 is 1.29 bits per heavy atom. The summed E-state index contributed by atoms with van der Waals surface area (Å²) in [5, 5.41) is 11.5. The molecule has 7 heteroatoms. The first-order valence-electron chi connectivity index (χ1n) is 9.81. The number of anilines is 1. The lowest BCUT2D eigenvalue weighted by atomic mass is 9.73. The molecule has 0 unspecified atom stereocenters. The molecule has 5 rings (SSSR count). The highest BCUT2D eigenvalue weighted by Crippen LogP contribution is 2.55. The van der Waals surface area contributed by atoms with E-state index < -0.39 is 0 Å². The van der Waals surface area contributed by atoms with Crippen molar-refractivity contribution in [3.63, 3.8) is 0 Å². The summed E-state index contributed by atoms with van der Waals surface area (Å²) in [4.78, 5) is 14.7. The Bertz CT molecular complexity index is 888. The van der Waals surface area contributed by atoms with Gasteiger partial charge in [-0.25, -0.2) is 4.39 Å². The number of ether oxygens (including phenoxy) is 1. The van der Waals surface area contributed by atoms with E-state index in [9.17, 15) is 9.18 Å². The fraction of sp³-hybridized carbons (Fsp3) is 0.476. The SMILES string of the molecule is Cc1ccc(N2C[C@@H]3[C@H](CNC(=O)c4ccc(F)cc4)[C@H]4CC[C@]3(C2)O4)nn1. The van der Waals surface area contributed by atoms with Crippen LogP contribution in [0.15, 0.2) is 36.4 Å². The zero-order valence-corrected chi connectivity index (χ0v) is 15.8. The number of rotatable bonds is 4. The number of amides is 1. The van der Waals surface area contributed by atoms with Gasteiger partial charge in [-0.15, -0.1) is 5.10 Å². The van der Waals surface area contributed by atoms with Crippen molar-refractivity contribution in [2.24, 2.45) is 11.8 Å². The normalized spacial score (nSPS) is 30.5. The lowest BCUT2D eigenvalue weighted by Gasteiger charge is -2.29. The van der Waals surface area contributed by atoms with Crippen molar-refractivity contribution in [3.8, 4) is 0 Å².